The van der Waals surface area contributed by atoms with Crippen LogP contribution < -0.4 is 0 Å². The summed E-state index contributed by atoms with van der Waals surface area (Å²) in [7, 11) is 12.3. The van der Waals surface area contributed by atoms with Gasteiger partial charge in [-0.05, 0) is 73.2 Å². The van der Waals surface area contributed by atoms with E-state index in [1.165, 1.54) is 42.7 Å². The van der Waals surface area contributed by atoms with Gasteiger partial charge in [-0.25, -0.2) is 9.59 Å². The highest BCUT2D eigenvalue weighted by Gasteiger charge is 2.87. The fraction of sp³-hybridized carbons (Fsp3) is 0.532. The third-order valence-corrected chi connectivity index (χ3v) is 13.0. The van der Waals surface area contributed by atoms with Gasteiger partial charge in [0.1, 0.15) is 0 Å². The average Bonchev–Trinajstić information content (AvgIpc) is 3.56. The lowest BCUT2D eigenvalue weighted by Crippen LogP contribution is -2.89. The van der Waals surface area contributed by atoms with Gasteiger partial charge in [0.25, 0.3) is 0 Å². The number of methoxy groups -OCH3 is 8. The molecule has 3 aliphatic rings. The fourth-order valence-electron chi connectivity index (χ4n) is 11.0. The van der Waals surface area contributed by atoms with Crippen LogP contribution in [0.5, 0.6) is 0 Å². The number of ether oxygens (including phenoxy) is 10. The Morgan fingerprint density at radius 3 is 1.15 bits per heavy atom. The first kappa shape index (κ1) is 46.1. The Bertz CT molecular complexity index is 1820. The monoisotopic (exact) mass is 818 g/mol. The molecule has 6 atom stereocenters. The van der Waals surface area contributed by atoms with Crippen LogP contribution in [0.1, 0.15) is 64.5 Å². The molecule has 0 saturated heterocycles. The van der Waals surface area contributed by atoms with Crippen molar-refractivity contribution in [2.45, 2.75) is 105 Å². The smallest absolute Gasteiger partial charge is 0.333 e. The molecule has 5 rings (SSSR count). The van der Waals surface area contributed by atoms with E-state index in [-0.39, 0.29) is 24.0 Å². The lowest BCUT2D eigenvalue weighted by atomic mass is 9.45. The second-order valence-electron chi connectivity index (χ2n) is 15.4. The highest BCUT2D eigenvalue weighted by molar-refractivity contribution is 5.88. The first-order valence-corrected chi connectivity index (χ1v) is 19.9. The molecule has 2 aromatic rings. The van der Waals surface area contributed by atoms with Crippen LogP contribution in [0.2, 0.25) is 0 Å². The van der Waals surface area contributed by atoms with Gasteiger partial charge < -0.3 is 47.4 Å². The summed E-state index contributed by atoms with van der Waals surface area (Å²) < 4.78 is 67.7. The van der Waals surface area contributed by atoms with E-state index in [1.54, 1.807) is 40.2 Å². The Kier molecular flexibility index (Phi) is 13.4. The molecule has 59 heavy (non-hydrogen) atoms. The van der Waals surface area contributed by atoms with Crippen molar-refractivity contribution >= 4 is 11.9 Å². The number of esters is 2. The lowest BCUT2D eigenvalue weighted by Gasteiger charge is -2.70. The summed E-state index contributed by atoms with van der Waals surface area (Å²) in [4.78, 5) is 26.9. The van der Waals surface area contributed by atoms with Crippen molar-refractivity contribution in [3.8, 4) is 11.1 Å². The maximum atomic E-state index is 13.5. The molecule has 0 radical (unpaired) electrons. The maximum Gasteiger partial charge on any atom is 0.333 e. The number of fused-ring (bicyclic) bond motifs is 3. The van der Waals surface area contributed by atoms with Crippen molar-refractivity contribution in [3.63, 3.8) is 0 Å². The van der Waals surface area contributed by atoms with Gasteiger partial charge in [0.15, 0.2) is 34.6 Å². The predicted octanol–water partition coefficient (Wildman–Crippen LogP) is 7.19. The van der Waals surface area contributed by atoms with Crippen LogP contribution in [0.15, 0.2) is 97.1 Å². The minimum atomic E-state index is -2.00. The summed E-state index contributed by atoms with van der Waals surface area (Å²) >= 11 is 0. The summed E-state index contributed by atoms with van der Waals surface area (Å²) in [5, 5.41) is 0. The molecule has 0 bridgehead atoms. The van der Waals surface area contributed by atoms with Crippen LogP contribution in [0.4, 0.5) is 0 Å². The molecule has 322 valence electrons. The molecule has 0 fully saturated rings. The van der Waals surface area contributed by atoms with Gasteiger partial charge in [-0.15, -0.1) is 0 Å². The second kappa shape index (κ2) is 17.2. The number of hydrogen-bond donors (Lipinski definition) is 0. The van der Waals surface area contributed by atoms with Gasteiger partial charge in [0.05, 0.1) is 5.41 Å². The minimum absolute atomic E-state index is 0.198. The number of carbonyl (C=O) groups is 2. The summed E-state index contributed by atoms with van der Waals surface area (Å²) in [6.45, 7) is 14.8. The fourth-order valence-corrected chi connectivity index (χ4v) is 11.0. The van der Waals surface area contributed by atoms with Crippen molar-refractivity contribution in [1.82, 2.24) is 0 Å². The second-order valence-corrected chi connectivity index (χ2v) is 15.4. The van der Waals surface area contributed by atoms with E-state index in [4.69, 9.17) is 47.4 Å². The van der Waals surface area contributed by atoms with Crippen LogP contribution >= 0.6 is 0 Å². The quantitative estimate of drug-likeness (QED) is 0.0655. The highest BCUT2D eigenvalue weighted by Crippen LogP contribution is 2.72. The Balaban J connectivity index is 2.15. The molecule has 6 unspecified atom stereocenters. The standard InChI is InChI=1S/C47H62O12/c1-15-27-41(50-7)37(58-39(48)31(3)4)25-29-43(52-9,46(41,54-11)55-12)45(35-23-19-17-21-33(35)34-22-18-20-24-36(34)45)44(53-10)30-26-38(59-40(49)32(5)6)42(51-8,28-16-2)47(44,56-13)57-14/h17-26,29-30,37-38H,3,5,15-16,27-28H2,1-2,4,6-14H3. The number of carbonyl (C=O) groups excluding carboxylic acids is 2. The molecule has 0 saturated carbocycles. The van der Waals surface area contributed by atoms with Crippen LogP contribution in [0.25, 0.3) is 11.1 Å². The molecule has 3 aliphatic carbocycles. The van der Waals surface area contributed by atoms with E-state index in [9.17, 15) is 9.59 Å². The Labute approximate surface area is 349 Å². The zero-order valence-electron chi connectivity index (χ0n) is 36.7. The van der Waals surface area contributed by atoms with Crippen molar-refractivity contribution < 1.29 is 57.0 Å². The SMILES string of the molecule is C=C(C)C(=O)OC1C=CC(OC)(C2(C3(OC)C=CC(OC(=O)C(=C)C)C(CCC)(OC)C3(OC)OC)c3ccccc3-c3ccccc32)C(OC)(OC)C1(CCC)OC. The summed E-state index contributed by atoms with van der Waals surface area (Å²) in [6, 6.07) is 15.9. The van der Waals surface area contributed by atoms with Crippen molar-refractivity contribution in [2.75, 3.05) is 56.9 Å². The Hall–Kier alpha value is -3.98. The van der Waals surface area contributed by atoms with Crippen LogP contribution in [-0.4, -0.2) is 115 Å². The molecule has 0 spiro atoms. The van der Waals surface area contributed by atoms with Crippen LogP contribution in [0.3, 0.4) is 0 Å². The van der Waals surface area contributed by atoms with Gasteiger partial charge in [0.2, 0.25) is 11.6 Å². The van der Waals surface area contributed by atoms with Gasteiger partial charge in [-0.1, -0.05) is 88.4 Å². The van der Waals surface area contributed by atoms with Gasteiger partial charge in [-0.3, -0.25) is 0 Å². The summed E-state index contributed by atoms with van der Waals surface area (Å²) in [6.07, 6.45) is 6.55. The van der Waals surface area contributed by atoms with E-state index >= 15 is 0 Å². The van der Waals surface area contributed by atoms with Gasteiger partial charge in [0, 0.05) is 68.0 Å². The normalized spacial score (nSPS) is 29.6. The molecule has 2 aromatic carbocycles. The molecule has 0 N–H and O–H groups in total. The van der Waals surface area contributed by atoms with E-state index in [0.717, 1.165) is 11.1 Å². The van der Waals surface area contributed by atoms with Crippen LogP contribution in [-0.2, 0) is 62.4 Å². The summed E-state index contributed by atoms with van der Waals surface area (Å²) in [5.41, 5.74) is -5.14. The zero-order valence-corrected chi connectivity index (χ0v) is 36.7. The van der Waals surface area contributed by atoms with E-state index in [2.05, 4.69) is 13.2 Å². The average molecular weight is 819 g/mol. The largest absolute Gasteiger partial charge is 0.451 e. The van der Waals surface area contributed by atoms with Crippen LogP contribution in [0, 0.1) is 0 Å². The molecule has 0 aromatic heterocycles. The number of rotatable bonds is 18. The third kappa shape index (κ3) is 5.71. The Morgan fingerprint density at radius 1 is 0.542 bits per heavy atom. The molecule has 12 nitrogen and oxygen atoms in total. The third-order valence-electron chi connectivity index (χ3n) is 13.0. The molecule has 0 amide bonds. The zero-order chi connectivity index (χ0) is 43.7. The topological polar surface area (TPSA) is 126 Å². The van der Waals surface area contributed by atoms with Gasteiger partial charge >= 0.3 is 11.9 Å². The molecular formula is C47H62O12. The lowest BCUT2D eigenvalue weighted by molar-refractivity contribution is -0.431. The van der Waals surface area contributed by atoms with Gasteiger partial charge in [-0.2, -0.15) is 0 Å². The highest BCUT2D eigenvalue weighted by atomic mass is 16.8. The van der Waals surface area contributed by atoms with E-state index in [1.807, 2.05) is 74.5 Å². The molecular weight excluding hydrogens is 757 g/mol. The first-order valence-electron chi connectivity index (χ1n) is 19.9. The molecule has 0 heterocycles. The predicted molar refractivity (Wildman–Crippen MR) is 223 cm³/mol. The van der Waals surface area contributed by atoms with Crippen molar-refractivity contribution in [1.29, 1.82) is 0 Å². The number of hydrogen-bond acceptors (Lipinski definition) is 12. The van der Waals surface area contributed by atoms with Crippen molar-refractivity contribution in [3.05, 3.63) is 108 Å². The van der Waals surface area contributed by atoms with E-state index in [0.29, 0.717) is 24.0 Å². The first-order chi connectivity index (χ1) is 28.2. The Morgan fingerprint density at radius 2 is 0.881 bits per heavy atom. The maximum absolute atomic E-state index is 13.5. The summed E-state index contributed by atoms with van der Waals surface area (Å²) in [5.74, 6) is -5.27. The minimum Gasteiger partial charge on any atom is -0.451 e. The molecule has 0 aliphatic heterocycles. The van der Waals surface area contributed by atoms with Crippen molar-refractivity contribution in [2.24, 2.45) is 0 Å². The van der Waals surface area contributed by atoms with E-state index < -0.39 is 63.5 Å². The molecule has 12 heteroatoms. The number of benzene rings is 2.